The Hall–Kier alpha value is -1.55. The van der Waals surface area contributed by atoms with Crippen LogP contribution >= 0.6 is 0 Å². The second kappa shape index (κ2) is 6.91. The van der Waals surface area contributed by atoms with E-state index in [1.807, 2.05) is 25.7 Å². The minimum atomic E-state index is -0.459. The van der Waals surface area contributed by atoms with Crippen LogP contribution in [-0.2, 0) is 11.2 Å². The number of rotatable bonds is 2. The lowest BCUT2D eigenvalue weighted by Gasteiger charge is -2.37. The number of piperidine rings is 1. The lowest BCUT2D eigenvalue weighted by molar-refractivity contribution is 0.0148. The Balaban J connectivity index is 2.06. The highest BCUT2D eigenvalue weighted by Gasteiger charge is 2.32. The molecule has 4 nitrogen and oxygen atoms in total. The fraction of sp³-hybridized carbons (Fsp3) is 0.632. The number of carbonyl (C=O) groups is 1. The van der Waals surface area contributed by atoms with Gasteiger partial charge in [0.1, 0.15) is 5.60 Å². The van der Waals surface area contributed by atoms with Crippen molar-refractivity contribution in [3.05, 3.63) is 34.9 Å². The van der Waals surface area contributed by atoms with Crippen LogP contribution in [0.25, 0.3) is 0 Å². The minimum Gasteiger partial charge on any atom is -0.444 e. The number of aryl methyl sites for hydroxylation is 2. The lowest BCUT2D eigenvalue weighted by Crippen LogP contribution is -2.51. The van der Waals surface area contributed by atoms with E-state index in [4.69, 9.17) is 10.5 Å². The van der Waals surface area contributed by atoms with Gasteiger partial charge in [-0.05, 0) is 64.5 Å². The van der Waals surface area contributed by atoms with Crippen molar-refractivity contribution < 1.29 is 9.53 Å². The molecule has 2 N–H and O–H groups in total. The van der Waals surface area contributed by atoms with Gasteiger partial charge in [-0.1, -0.05) is 23.8 Å². The largest absolute Gasteiger partial charge is 0.444 e. The molecule has 1 heterocycles. The van der Waals surface area contributed by atoms with Crippen LogP contribution in [0.2, 0.25) is 0 Å². The molecule has 1 aliphatic rings. The Morgan fingerprint density at radius 3 is 2.70 bits per heavy atom. The summed E-state index contributed by atoms with van der Waals surface area (Å²) in [5.41, 5.74) is 9.75. The molecule has 23 heavy (non-hydrogen) atoms. The number of benzene rings is 1. The molecule has 0 aliphatic carbocycles. The maximum atomic E-state index is 12.3. The summed E-state index contributed by atoms with van der Waals surface area (Å²) < 4.78 is 5.50. The van der Waals surface area contributed by atoms with Crippen molar-refractivity contribution in [2.45, 2.75) is 59.1 Å². The van der Waals surface area contributed by atoms with Crippen molar-refractivity contribution in [2.75, 3.05) is 13.1 Å². The van der Waals surface area contributed by atoms with Crippen molar-refractivity contribution in [1.82, 2.24) is 4.90 Å². The zero-order chi connectivity index (χ0) is 17.2. The van der Waals surface area contributed by atoms with Crippen LogP contribution in [0.3, 0.4) is 0 Å². The van der Waals surface area contributed by atoms with E-state index in [0.29, 0.717) is 13.1 Å². The number of nitrogens with two attached hydrogens (primary N) is 1. The van der Waals surface area contributed by atoms with Gasteiger partial charge in [0.25, 0.3) is 0 Å². The maximum Gasteiger partial charge on any atom is 0.410 e. The molecule has 1 amide bonds. The fourth-order valence-corrected chi connectivity index (χ4v) is 3.06. The van der Waals surface area contributed by atoms with Gasteiger partial charge in [-0.3, -0.25) is 0 Å². The standard InChI is InChI=1S/C19H30N2O2/c1-13-6-7-14(2)15(10-13)11-16-12-21(9-8-17(16)20)18(22)23-19(3,4)5/h6-7,10,16-17H,8-9,11-12,20H2,1-5H3/t16-,17+/m0/s1. The number of hydrogen-bond acceptors (Lipinski definition) is 3. The third kappa shape index (κ3) is 4.96. The molecule has 128 valence electrons. The van der Waals surface area contributed by atoms with Crippen molar-refractivity contribution in [2.24, 2.45) is 11.7 Å². The number of amides is 1. The second-order valence-electron chi connectivity index (χ2n) is 7.77. The van der Waals surface area contributed by atoms with Gasteiger partial charge >= 0.3 is 6.09 Å². The van der Waals surface area contributed by atoms with Crippen molar-refractivity contribution in [1.29, 1.82) is 0 Å². The normalized spacial score (nSPS) is 22.1. The van der Waals surface area contributed by atoms with Gasteiger partial charge in [-0.15, -0.1) is 0 Å². The van der Waals surface area contributed by atoms with Gasteiger partial charge in [0.15, 0.2) is 0 Å². The number of likely N-dealkylation sites (tertiary alicyclic amines) is 1. The predicted molar refractivity (Wildman–Crippen MR) is 93.5 cm³/mol. The molecule has 2 rings (SSSR count). The molecule has 1 aliphatic heterocycles. The highest BCUT2D eigenvalue weighted by Crippen LogP contribution is 2.24. The zero-order valence-electron chi connectivity index (χ0n) is 15.1. The van der Waals surface area contributed by atoms with Crippen molar-refractivity contribution >= 4 is 6.09 Å². The monoisotopic (exact) mass is 318 g/mol. The summed E-state index contributed by atoms with van der Waals surface area (Å²) in [6.45, 7) is 11.3. The van der Waals surface area contributed by atoms with Gasteiger partial charge in [-0.2, -0.15) is 0 Å². The van der Waals surface area contributed by atoms with Crippen molar-refractivity contribution in [3.8, 4) is 0 Å². The molecule has 1 aromatic carbocycles. The first-order valence-corrected chi connectivity index (χ1v) is 8.45. The molecular weight excluding hydrogens is 288 g/mol. The quantitative estimate of drug-likeness (QED) is 0.909. The summed E-state index contributed by atoms with van der Waals surface area (Å²) in [5.74, 6) is 0.275. The molecule has 0 radical (unpaired) electrons. The summed E-state index contributed by atoms with van der Waals surface area (Å²) in [7, 11) is 0. The minimum absolute atomic E-state index is 0.133. The molecular formula is C19H30N2O2. The van der Waals surface area contributed by atoms with Crippen molar-refractivity contribution in [3.63, 3.8) is 0 Å². The highest BCUT2D eigenvalue weighted by molar-refractivity contribution is 5.68. The molecule has 0 bridgehead atoms. The summed E-state index contributed by atoms with van der Waals surface area (Å²) in [4.78, 5) is 14.1. The van der Waals surface area contributed by atoms with Gasteiger partial charge in [0.05, 0.1) is 0 Å². The van der Waals surface area contributed by atoms with Crippen LogP contribution < -0.4 is 5.73 Å². The predicted octanol–water partition coefficient (Wildman–Crippen LogP) is 3.43. The van der Waals surface area contributed by atoms with Gasteiger partial charge in [0, 0.05) is 19.1 Å². The zero-order valence-corrected chi connectivity index (χ0v) is 15.1. The number of nitrogens with zero attached hydrogens (tertiary/aromatic N) is 1. The van der Waals surface area contributed by atoms with Crippen LogP contribution in [0, 0.1) is 19.8 Å². The van der Waals surface area contributed by atoms with E-state index in [9.17, 15) is 4.79 Å². The Kier molecular flexibility index (Phi) is 5.35. The Morgan fingerprint density at radius 1 is 1.35 bits per heavy atom. The first-order valence-electron chi connectivity index (χ1n) is 8.45. The first kappa shape index (κ1) is 17.8. The van der Waals surface area contributed by atoms with Crippen LogP contribution in [0.5, 0.6) is 0 Å². The van der Waals surface area contributed by atoms with Crippen LogP contribution in [-0.4, -0.2) is 35.7 Å². The summed E-state index contributed by atoms with van der Waals surface area (Å²) in [6.07, 6.45) is 1.51. The number of carbonyl (C=O) groups excluding carboxylic acids is 1. The molecule has 0 aromatic heterocycles. The lowest BCUT2D eigenvalue weighted by atomic mass is 9.86. The molecule has 4 heteroatoms. The van der Waals surface area contributed by atoms with E-state index in [-0.39, 0.29) is 18.1 Å². The number of hydrogen-bond donors (Lipinski definition) is 1. The van der Waals surface area contributed by atoms with E-state index in [2.05, 4.69) is 32.0 Å². The molecule has 1 saturated heterocycles. The third-order valence-electron chi connectivity index (χ3n) is 4.43. The smallest absolute Gasteiger partial charge is 0.410 e. The average molecular weight is 318 g/mol. The van der Waals surface area contributed by atoms with Crippen LogP contribution in [0.4, 0.5) is 4.79 Å². The molecule has 2 atom stereocenters. The van der Waals surface area contributed by atoms with Crippen LogP contribution in [0.1, 0.15) is 43.9 Å². The van der Waals surface area contributed by atoms with Gasteiger partial charge in [-0.25, -0.2) is 4.79 Å². The van der Waals surface area contributed by atoms with E-state index in [0.717, 1.165) is 12.8 Å². The molecule has 0 saturated carbocycles. The molecule has 1 fully saturated rings. The van der Waals surface area contributed by atoms with Gasteiger partial charge < -0.3 is 15.4 Å². The molecule has 0 unspecified atom stereocenters. The maximum absolute atomic E-state index is 12.3. The van der Waals surface area contributed by atoms with E-state index < -0.39 is 5.60 Å². The van der Waals surface area contributed by atoms with E-state index >= 15 is 0 Å². The van der Waals surface area contributed by atoms with Gasteiger partial charge in [0.2, 0.25) is 0 Å². The average Bonchev–Trinajstić information content (AvgIpc) is 2.43. The topological polar surface area (TPSA) is 55.6 Å². The highest BCUT2D eigenvalue weighted by atomic mass is 16.6. The SMILES string of the molecule is Cc1ccc(C)c(C[C@H]2CN(C(=O)OC(C)(C)C)CC[C@H]2N)c1. The van der Waals surface area contributed by atoms with Crippen LogP contribution in [0.15, 0.2) is 18.2 Å². The van der Waals surface area contributed by atoms with E-state index in [1.165, 1.54) is 16.7 Å². The summed E-state index contributed by atoms with van der Waals surface area (Å²) in [5, 5.41) is 0. The Labute approximate surface area is 140 Å². The van der Waals surface area contributed by atoms with E-state index in [1.54, 1.807) is 0 Å². The summed E-state index contributed by atoms with van der Waals surface area (Å²) in [6, 6.07) is 6.65. The second-order valence-corrected chi connectivity index (χ2v) is 7.77. The Bertz CT molecular complexity index is 563. The molecule has 1 aromatic rings. The molecule has 0 spiro atoms. The third-order valence-corrected chi connectivity index (χ3v) is 4.43. The summed E-state index contributed by atoms with van der Waals surface area (Å²) >= 11 is 0. The Morgan fingerprint density at radius 2 is 2.04 bits per heavy atom. The first-order chi connectivity index (χ1) is 10.7. The fourth-order valence-electron chi connectivity index (χ4n) is 3.06. The number of ether oxygens (including phenoxy) is 1.